The van der Waals surface area contributed by atoms with Gasteiger partial charge in [-0.1, -0.05) is 24.8 Å². The maximum atomic E-state index is 12.3. The molecule has 0 aliphatic carbocycles. The predicted molar refractivity (Wildman–Crippen MR) is 92.0 cm³/mol. The molecule has 5 nitrogen and oxygen atoms in total. The standard InChI is InChI=1S/C18H26N2O3/c1-3-13-23-17-11-5-4-10-16(17)19-18(21)20(2)12-6-8-15-9-7-14-22-15/h3-5,10-11,15H,1,6-9,12-14H2,2H3,(H,19,21). The number of benzene rings is 1. The Labute approximate surface area is 138 Å². The molecule has 2 amide bonds. The van der Waals surface area contributed by atoms with Gasteiger partial charge in [-0.15, -0.1) is 0 Å². The van der Waals surface area contributed by atoms with Gasteiger partial charge in [0.15, 0.2) is 0 Å². The molecule has 1 aliphatic heterocycles. The van der Waals surface area contributed by atoms with Crippen LogP contribution >= 0.6 is 0 Å². The van der Waals surface area contributed by atoms with Gasteiger partial charge in [-0.05, 0) is 37.8 Å². The normalized spacial score (nSPS) is 16.8. The van der Waals surface area contributed by atoms with E-state index >= 15 is 0 Å². The summed E-state index contributed by atoms with van der Waals surface area (Å²) >= 11 is 0. The SMILES string of the molecule is C=CCOc1ccccc1NC(=O)N(C)CCCC1CCCO1. The fourth-order valence-corrected chi connectivity index (χ4v) is 2.58. The third-order valence-electron chi connectivity index (χ3n) is 3.88. The molecule has 2 rings (SSSR count). The lowest BCUT2D eigenvalue weighted by atomic mass is 10.1. The first-order chi connectivity index (χ1) is 11.2. The van der Waals surface area contributed by atoms with E-state index in [2.05, 4.69) is 11.9 Å². The third kappa shape index (κ3) is 5.60. The van der Waals surface area contributed by atoms with Gasteiger partial charge < -0.3 is 19.7 Å². The summed E-state index contributed by atoms with van der Waals surface area (Å²) in [6.45, 7) is 5.62. The van der Waals surface area contributed by atoms with Crippen LogP contribution in [0.5, 0.6) is 5.75 Å². The van der Waals surface area contributed by atoms with Crippen molar-refractivity contribution in [2.24, 2.45) is 0 Å². The largest absolute Gasteiger partial charge is 0.487 e. The van der Waals surface area contributed by atoms with E-state index in [0.29, 0.717) is 30.7 Å². The van der Waals surface area contributed by atoms with E-state index in [1.54, 1.807) is 18.0 Å². The highest BCUT2D eigenvalue weighted by Crippen LogP contribution is 2.24. The fourth-order valence-electron chi connectivity index (χ4n) is 2.58. The van der Waals surface area contributed by atoms with Crippen LogP contribution in [0.4, 0.5) is 10.5 Å². The summed E-state index contributed by atoms with van der Waals surface area (Å²) in [5.74, 6) is 0.647. The zero-order valence-corrected chi connectivity index (χ0v) is 13.8. The van der Waals surface area contributed by atoms with Crippen molar-refractivity contribution >= 4 is 11.7 Å². The number of para-hydroxylation sites is 2. The van der Waals surface area contributed by atoms with E-state index < -0.39 is 0 Å². The van der Waals surface area contributed by atoms with Gasteiger partial charge in [0.25, 0.3) is 0 Å². The summed E-state index contributed by atoms with van der Waals surface area (Å²) in [7, 11) is 1.80. The van der Waals surface area contributed by atoms with Crippen LogP contribution in [-0.4, -0.2) is 43.8 Å². The molecule has 1 atom stereocenters. The molecule has 0 spiro atoms. The molecule has 1 aromatic carbocycles. The van der Waals surface area contributed by atoms with Crippen molar-refractivity contribution in [3.8, 4) is 5.75 Å². The van der Waals surface area contributed by atoms with Gasteiger partial charge in [0.1, 0.15) is 12.4 Å². The molecule has 1 heterocycles. The minimum Gasteiger partial charge on any atom is -0.487 e. The van der Waals surface area contributed by atoms with E-state index in [0.717, 1.165) is 32.3 Å². The Morgan fingerprint density at radius 1 is 1.52 bits per heavy atom. The van der Waals surface area contributed by atoms with Gasteiger partial charge in [-0.3, -0.25) is 0 Å². The van der Waals surface area contributed by atoms with Gasteiger partial charge in [0.2, 0.25) is 0 Å². The minimum absolute atomic E-state index is 0.132. The van der Waals surface area contributed by atoms with Gasteiger partial charge in [-0.25, -0.2) is 4.79 Å². The quantitative estimate of drug-likeness (QED) is 0.744. The number of hydrogen-bond donors (Lipinski definition) is 1. The lowest BCUT2D eigenvalue weighted by Gasteiger charge is -2.20. The van der Waals surface area contributed by atoms with Gasteiger partial charge in [0.05, 0.1) is 11.8 Å². The number of carbonyl (C=O) groups excluding carboxylic acids is 1. The van der Waals surface area contributed by atoms with Crippen LogP contribution in [0.15, 0.2) is 36.9 Å². The molecule has 5 heteroatoms. The Bertz CT molecular complexity index is 513. The fraction of sp³-hybridized carbons (Fsp3) is 0.500. The summed E-state index contributed by atoms with van der Waals surface area (Å²) in [5, 5.41) is 2.89. The second kappa shape index (κ2) is 9.20. The molecule has 1 N–H and O–H groups in total. The average molecular weight is 318 g/mol. The molecule has 23 heavy (non-hydrogen) atoms. The summed E-state index contributed by atoms with van der Waals surface area (Å²) in [4.78, 5) is 14.0. The highest BCUT2D eigenvalue weighted by Gasteiger charge is 2.16. The number of nitrogens with zero attached hydrogens (tertiary/aromatic N) is 1. The predicted octanol–water partition coefficient (Wildman–Crippen LogP) is 3.67. The van der Waals surface area contributed by atoms with E-state index in [9.17, 15) is 4.79 Å². The van der Waals surface area contributed by atoms with E-state index in [1.165, 1.54) is 0 Å². The molecule has 0 radical (unpaired) electrons. The number of amides is 2. The minimum atomic E-state index is -0.132. The molecule has 126 valence electrons. The van der Waals surface area contributed by atoms with Crippen molar-refractivity contribution in [3.63, 3.8) is 0 Å². The molecule has 1 aromatic rings. The van der Waals surface area contributed by atoms with Crippen LogP contribution in [0.25, 0.3) is 0 Å². The first-order valence-corrected chi connectivity index (χ1v) is 8.17. The maximum Gasteiger partial charge on any atom is 0.321 e. The van der Waals surface area contributed by atoms with Crippen LogP contribution in [0.2, 0.25) is 0 Å². The zero-order chi connectivity index (χ0) is 16.5. The van der Waals surface area contributed by atoms with Crippen molar-refractivity contribution in [2.45, 2.75) is 31.8 Å². The van der Waals surface area contributed by atoms with Crippen molar-refractivity contribution in [2.75, 3.05) is 32.1 Å². The monoisotopic (exact) mass is 318 g/mol. The highest BCUT2D eigenvalue weighted by atomic mass is 16.5. The Hall–Kier alpha value is -2.01. The summed E-state index contributed by atoms with van der Waals surface area (Å²) in [6, 6.07) is 7.27. The third-order valence-corrected chi connectivity index (χ3v) is 3.88. The van der Waals surface area contributed by atoms with E-state index in [4.69, 9.17) is 9.47 Å². The van der Waals surface area contributed by atoms with Crippen LogP contribution in [0, 0.1) is 0 Å². The number of ether oxygens (including phenoxy) is 2. The van der Waals surface area contributed by atoms with Gasteiger partial charge in [-0.2, -0.15) is 0 Å². The number of rotatable bonds is 8. The number of urea groups is 1. The van der Waals surface area contributed by atoms with Crippen LogP contribution in [0.3, 0.4) is 0 Å². The molecule has 1 aliphatic rings. The summed E-state index contributed by atoms with van der Waals surface area (Å²) in [5.41, 5.74) is 0.672. The molecule has 0 aromatic heterocycles. The Morgan fingerprint density at radius 3 is 3.09 bits per heavy atom. The second-order valence-electron chi connectivity index (χ2n) is 5.72. The number of anilines is 1. The van der Waals surface area contributed by atoms with Crippen molar-refractivity contribution in [1.29, 1.82) is 0 Å². The molecule has 1 fully saturated rings. The van der Waals surface area contributed by atoms with E-state index in [-0.39, 0.29) is 6.03 Å². The highest BCUT2D eigenvalue weighted by molar-refractivity contribution is 5.90. The first kappa shape index (κ1) is 17.3. The van der Waals surface area contributed by atoms with Crippen molar-refractivity contribution < 1.29 is 14.3 Å². The molecule has 0 bridgehead atoms. The number of hydrogen-bond acceptors (Lipinski definition) is 3. The Balaban J connectivity index is 1.79. The average Bonchev–Trinajstić information content (AvgIpc) is 3.07. The topological polar surface area (TPSA) is 50.8 Å². The smallest absolute Gasteiger partial charge is 0.321 e. The zero-order valence-electron chi connectivity index (χ0n) is 13.8. The molecular weight excluding hydrogens is 292 g/mol. The lowest BCUT2D eigenvalue weighted by Crippen LogP contribution is -2.32. The molecule has 0 saturated carbocycles. The second-order valence-corrected chi connectivity index (χ2v) is 5.72. The molecular formula is C18H26N2O3. The Morgan fingerprint density at radius 2 is 2.35 bits per heavy atom. The first-order valence-electron chi connectivity index (χ1n) is 8.17. The lowest BCUT2D eigenvalue weighted by molar-refractivity contribution is 0.101. The maximum absolute atomic E-state index is 12.3. The number of carbonyl (C=O) groups is 1. The number of nitrogens with one attached hydrogen (secondary N) is 1. The summed E-state index contributed by atoms with van der Waals surface area (Å²) in [6.07, 6.45) is 6.31. The van der Waals surface area contributed by atoms with E-state index in [1.807, 2.05) is 24.3 Å². The van der Waals surface area contributed by atoms with Gasteiger partial charge in [0, 0.05) is 20.2 Å². The van der Waals surface area contributed by atoms with Gasteiger partial charge >= 0.3 is 6.03 Å². The Kier molecular flexibility index (Phi) is 6.94. The molecule has 1 saturated heterocycles. The van der Waals surface area contributed by atoms with Crippen LogP contribution < -0.4 is 10.1 Å². The summed E-state index contributed by atoms with van der Waals surface area (Å²) < 4.78 is 11.1. The van der Waals surface area contributed by atoms with Crippen molar-refractivity contribution in [1.82, 2.24) is 4.90 Å². The van der Waals surface area contributed by atoms with Crippen LogP contribution in [-0.2, 0) is 4.74 Å². The van der Waals surface area contributed by atoms with Crippen LogP contribution in [0.1, 0.15) is 25.7 Å². The molecule has 1 unspecified atom stereocenters. The van der Waals surface area contributed by atoms with Crippen molar-refractivity contribution in [3.05, 3.63) is 36.9 Å².